The lowest BCUT2D eigenvalue weighted by atomic mass is 9.99. The highest BCUT2D eigenvalue weighted by molar-refractivity contribution is 7.92. The first-order chi connectivity index (χ1) is 14.1. The second-order valence-corrected chi connectivity index (χ2v) is 10.6. The monoisotopic (exact) mass is 439 g/mol. The molecule has 1 saturated carbocycles. The molecule has 0 saturated heterocycles. The van der Waals surface area contributed by atoms with Crippen LogP contribution in [0.3, 0.4) is 0 Å². The Morgan fingerprint density at radius 2 is 2.03 bits per heavy atom. The zero-order valence-electron chi connectivity index (χ0n) is 18.2. The van der Waals surface area contributed by atoms with Gasteiger partial charge in [-0.15, -0.1) is 0 Å². The highest BCUT2D eigenvalue weighted by Crippen LogP contribution is 2.32. The van der Waals surface area contributed by atoms with Crippen LogP contribution in [0.15, 0.2) is 18.2 Å². The van der Waals surface area contributed by atoms with Gasteiger partial charge in [0.15, 0.2) is 0 Å². The van der Waals surface area contributed by atoms with Gasteiger partial charge in [-0.25, -0.2) is 8.42 Å². The average molecular weight is 440 g/mol. The molecule has 9 heteroatoms. The predicted molar refractivity (Wildman–Crippen MR) is 116 cm³/mol. The number of aliphatic hydroxyl groups excluding tert-OH is 1. The third-order valence-electron chi connectivity index (χ3n) is 5.73. The number of rotatable bonds is 8. The van der Waals surface area contributed by atoms with Crippen molar-refractivity contribution in [3.8, 4) is 5.75 Å². The number of aliphatic hydroxyl groups is 1. The molecule has 0 radical (unpaired) electrons. The van der Waals surface area contributed by atoms with Crippen molar-refractivity contribution < 1.29 is 23.1 Å². The summed E-state index contributed by atoms with van der Waals surface area (Å²) in [5, 5.41) is 9.70. The molecule has 1 fully saturated rings. The number of carbonyl (C=O) groups excluding carboxylic acids is 1. The Labute approximate surface area is 179 Å². The first-order valence-corrected chi connectivity index (χ1v) is 12.4. The second-order valence-electron chi connectivity index (χ2n) is 8.87. The zero-order chi connectivity index (χ0) is 22.1. The summed E-state index contributed by atoms with van der Waals surface area (Å²) in [7, 11) is -1.39. The van der Waals surface area contributed by atoms with Gasteiger partial charge in [-0.1, -0.05) is 6.92 Å². The van der Waals surface area contributed by atoms with E-state index >= 15 is 0 Å². The van der Waals surface area contributed by atoms with Gasteiger partial charge in [0.25, 0.3) is 5.91 Å². The van der Waals surface area contributed by atoms with E-state index in [9.17, 15) is 18.3 Å². The molecule has 1 heterocycles. The Balaban J connectivity index is 1.93. The number of likely N-dealkylation sites (N-methyl/N-ethyl adjacent to an activating group) is 1. The van der Waals surface area contributed by atoms with Gasteiger partial charge in [0.05, 0.1) is 24.5 Å². The Bertz CT molecular complexity index is 871. The number of hydrogen-bond donors (Lipinski definition) is 2. The van der Waals surface area contributed by atoms with E-state index < -0.39 is 10.0 Å². The summed E-state index contributed by atoms with van der Waals surface area (Å²) in [5.41, 5.74) is 0.603. The number of nitrogens with one attached hydrogen (secondary N) is 1. The van der Waals surface area contributed by atoms with Gasteiger partial charge in [0.1, 0.15) is 11.9 Å². The third-order valence-corrected chi connectivity index (χ3v) is 6.33. The summed E-state index contributed by atoms with van der Waals surface area (Å²) in [6.45, 7) is 5.93. The van der Waals surface area contributed by atoms with E-state index in [1.807, 2.05) is 0 Å². The molecule has 0 aromatic heterocycles. The Kier molecular flexibility index (Phi) is 6.94. The number of amides is 1. The number of ether oxygens (including phenoxy) is 1. The number of hydrogen-bond acceptors (Lipinski definition) is 6. The molecular weight excluding hydrogens is 406 g/mol. The molecule has 1 aromatic rings. The Morgan fingerprint density at radius 3 is 2.63 bits per heavy atom. The largest absolute Gasteiger partial charge is 0.488 e. The molecule has 0 bridgehead atoms. The fourth-order valence-corrected chi connectivity index (χ4v) is 4.40. The maximum atomic E-state index is 13.3. The molecule has 0 spiro atoms. The molecule has 1 aromatic carbocycles. The lowest BCUT2D eigenvalue weighted by molar-refractivity contribution is 0.0344. The third kappa shape index (κ3) is 5.86. The number of anilines is 1. The molecule has 3 rings (SSSR count). The normalized spacial score (nSPS) is 23.4. The molecule has 168 valence electrons. The van der Waals surface area contributed by atoms with Crippen molar-refractivity contribution in [3.05, 3.63) is 23.8 Å². The van der Waals surface area contributed by atoms with Crippen LogP contribution >= 0.6 is 0 Å². The van der Waals surface area contributed by atoms with Gasteiger partial charge < -0.3 is 19.6 Å². The zero-order valence-corrected chi connectivity index (χ0v) is 19.0. The fraction of sp³-hybridized carbons (Fsp3) is 0.667. The molecule has 2 aliphatic rings. The van der Waals surface area contributed by atoms with Gasteiger partial charge in [-0.3, -0.25) is 9.52 Å². The number of nitrogens with zero attached hydrogens (tertiary/aromatic N) is 2. The van der Waals surface area contributed by atoms with Crippen LogP contribution in [0.25, 0.3) is 0 Å². The van der Waals surface area contributed by atoms with Crippen molar-refractivity contribution in [1.29, 1.82) is 0 Å². The van der Waals surface area contributed by atoms with Crippen molar-refractivity contribution in [2.75, 3.05) is 44.3 Å². The molecule has 1 aliphatic heterocycles. The van der Waals surface area contributed by atoms with Crippen LogP contribution < -0.4 is 9.46 Å². The van der Waals surface area contributed by atoms with E-state index in [0.717, 1.165) is 25.3 Å². The van der Waals surface area contributed by atoms with Crippen molar-refractivity contribution >= 4 is 21.6 Å². The topological polar surface area (TPSA) is 99.2 Å². The standard InChI is InChI=1S/C21H33N3O5S/c1-14-10-24(15(2)13-25)21(26)18-9-17(22-30(4,27)28)7-8-19(18)29-20(14)12-23(3)11-16-5-6-16/h7-9,14-16,20,22,25H,5-6,10-13H2,1-4H3/t14-,15-,20+/m1/s1. The average Bonchev–Trinajstić information content (AvgIpc) is 3.47. The van der Waals surface area contributed by atoms with Gasteiger partial charge >= 0.3 is 0 Å². The van der Waals surface area contributed by atoms with Crippen molar-refractivity contribution in [1.82, 2.24) is 9.80 Å². The molecule has 1 amide bonds. The second kappa shape index (κ2) is 9.11. The lowest BCUT2D eigenvalue weighted by Crippen LogP contribution is -2.50. The predicted octanol–water partition coefficient (Wildman–Crippen LogP) is 1.62. The van der Waals surface area contributed by atoms with Gasteiger partial charge in [-0.2, -0.15) is 0 Å². The molecule has 0 unspecified atom stereocenters. The summed E-state index contributed by atoms with van der Waals surface area (Å²) in [5.74, 6) is 0.987. The summed E-state index contributed by atoms with van der Waals surface area (Å²) in [4.78, 5) is 17.2. The molecule has 1 aliphatic carbocycles. The van der Waals surface area contributed by atoms with Crippen LogP contribution in [0.5, 0.6) is 5.75 Å². The number of carbonyl (C=O) groups is 1. The maximum absolute atomic E-state index is 13.3. The first-order valence-electron chi connectivity index (χ1n) is 10.5. The minimum atomic E-state index is -3.48. The Hall–Kier alpha value is -1.84. The van der Waals surface area contributed by atoms with Crippen LogP contribution in [-0.2, 0) is 10.0 Å². The lowest BCUT2D eigenvalue weighted by Gasteiger charge is -2.38. The molecule has 30 heavy (non-hydrogen) atoms. The summed E-state index contributed by atoms with van der Waals surface area (Å²) in [6, 6.07) is 4.40. The molecular formula is C21H33N3O5S. The summed E-state index contributed by atoms with van der Waals surface area (Å²) in [6.07, 6.45) is 3.49. The SMILES string of the molecule is C[C@@H]1CN([C@H](C)CO)C(=O)c2cc(NS(C)(=O)=O)ccc2O[C@H]1CN(C)CC1CC1. The van der Waals surface area contributed by atoms with E-state index in [4.69, 9.17) is 4.74 Å². The van der Waals surface area contributed by atoms with Crippen LogP contribution in [0.4, 0.5) is 5.69 Å². The number of fused-ring (bicyclic) bond motifs is 1. The van der Waals surface area contributed by atoms with E-state index in [0.29, 0.717) is 23.5 Å². The quantitative estimate of drug-likeness (QED) is 0.639. The summed E-state index contributed by atoms with van der Waals surface area (Å²) >= 11 is 0. The van der Waals surface area contributed by atoms with Crippen LogP contribution in [-0.4, -0.2) is 80.9 Å². The minimum Gasteiger partial charge on any atom is -0.488 e. The van der Waals surface area contributed by atoms with Gasteiger partial charge in [-0.05, 0) is 50.9 Å². The van der Waals surface area contributed by atoms with Crippen LogP contribution in [0.2, 0.25) is 0 Å². The van der Waals surface area contributed by atoms with Crippen molar-refractivity contribution in [3.63, 3.8) is 0 Å². The highest BCUT2D eigenvalue weighted by atomic mass is 32.2. The van der Waals surface area contributed by atoms with Crippen molar-refractivity contribution in [2.45, 2.75) is 38.8 Å². The van der Waals surface area contributed by atoms with Gasteiger partial charge in [0.2, 0.25) is 10.0 Å². The first kappa shape index (κ1) is 22.8. The molecule has 3 atom stereocenters. The maximum Gasteiger partial charge on any atom is 0.258 e. The fourth-order valence-electron chi connectivity index (χ4n) is 3.84. The van der Waals surface area contributed by atoms with E-state index in [1.54, 1.807) is 24.0 Å². The van der Waals surface area contributed by atoms with Crippen LogP contribution in [0.1, 0.15) is 37.0 Å². The smallest absolute Gasteiger partial charge is 0.258 e. The minimum absolute atomic E-state index is 0.0616. The highest BCUT2D eigenvalue weighted by Gasteiger charge is 2.34. The van der Waals surface area contributed by atoms with E-state index in [-0.39, 0.29) is 30.6 Å². The molecule has 2 N–H and O–H groups in total. The van der Waals surface area contributed by atoms with Crippen molar-refractivity contribution in [2.24, 2.45) is 11.8 Å². The summed E-state index contributed by atoms with van der Waals surface area (Å²) < 4.78 is 32.0. The molecule has 8 nitrogen and oxygen atoms in total. The van der Waals surface area contributed by atoms with E-state index in [1.165, 1.54) is 18.9 Å². The van der Waals surface area contributed by atoms with Crippen LogP contribution in [0, 0.1) is 11.8 Å². The van der Waals surface area contributed by atoms with Gasteiger partial charge in [0, 0.05) is 31.2 Å². The number of sulfonamides is 1. The van der Waals surface area contributed by atoms with E-state index in [2.05, 4.69) is 23.6 Å². The number of benzene rings is 1. The Morgan fingerprint density at radius 1 is 1.33 bits per heavy atom.